The lowest BCUT2D eigenvalue weighted by Gasteiger charge is -1.93. The SMILES string of the molecule is C=Cc1ccc(C=CCC#N)cc1. The Labute approximate surface area is 78.6 Å². The highest BCUT2D eigenvalue weighted by Gasteiger charge is 1.86. The van der Waals surface area contributed by atoms with E-state index in [2.05, 4.69) is 12.6 Å². The summed E-state index contributed by atoms with van der Waals surface area (Å²) in [6, 6.07) is 10.1. The minimum absolute atomic E-state index is 0.462. The molecule has 0 aliphatic rings. The van der Waals surface area contributed by atoms with Gasteiger partial charge in [0.2, 0.25) is 0 Å². The van der Waals surface area contributed by atoms with Crippen LogP contribution in [-0.4, -0.2) is 0 Å². The Morgan fingerprint density at radius 2 is 1.85 bits per heavy atom. The lowest BCUT2D eigenvalue weighted by Crippen LogP contribution is -1.73. The summed E-state index contributed by atoms with van der Waals surface area (Å²) in [6.07, 6.45) is 6.06. The topological polar surface area (TPSA) is 23.8 Å². The van der Waals surface area contributed by atoms with E-state index in [-0.39, 0.29) is 0 Å². The molecular formula is C12H11N. The molecule has 0 N–H and O–H groups in total. The van der Waals surface area contributed by atoms with Gasteiger partial charge in [0.15, 0.2) is 0 Å². The monoisotopic (exact) mass is 169 g/mol. The predicted molar refractivity (Wildman–Crippen MR) is 55.8 cm³/mol. The largest absolute Gasteiger partial charge is 0.198 e. The van der Waals surface area contributed by atoms with Crippen LogP contribution in [0, 0.1) is 11.3 Å². The van der Waals surface area contributed by atoms with Gasteiger partial charge in [0.25, 0.3) is 0 Å². The van der Waals surface area contributed by atoms with Gasteiger partial charge in [-0.3, -0.25) is 0 Å². The first-order valence-electron chi connectivity index (χ1n) is 4.13. The van der Waals surface area contributed by atoms with Crippen molar-refractivity contribution in [3.8, 4) is 6.07 Å². The molecular weight excluding hydrogens is 158 g/mol. The Hall–Kier alpha value is -1.81. The van der Waals surface area contributed by atoms with E-state index in [1.165, 1.54) is 0 Å². The average Bonchev–Trinajstić information content (AvgIpc) is 2.19. The minimum Gasteiger partial charge on any atom is -0.198 e. The lowest BCUT2D eigenvalue weighted by molar-refractivity contribution is 1.36. The number of nitriles is 1. The molecule has 0 aliphatic heterocycles. The normalized spacial score (nSPS) is 9.77. The standard InChI is InChI=1S/C12H11N/c1-2-11-6-8-12(9-7-11)5-3-4-10-13/h2-3,5-9H,1,4H2. The van der Waals surface area contributed by atoms with Gasteiger partial charge in [-0.25, -0.2) is 0 Å². The molecule has 0 saturated carbocycles. The third kappa shape index (κ3) is 2.96. The van der Waals surface area contributed by atoms with Crippen molar-refractivity contribution in [3.63, 3.8) is 0 Å². The number of benzene rings is 1. The maximum Gasteiger partial charge on any atom is 0.0663 e. The van der Waals surface area contributed by atoms with Crippen molar-refractivity contribution < 1.29 is 0 Å². The van der Waals surface area contributed by atoms with Crippen LogP contribution in [0.5, 0.6) is 0 Å². The number of hydrogen-bond acceptors (Lipinski definition) is 1. The molecule has 0 unspecified atom stereocenters. The number of nitrogens with zero attached hydrogens (tertiary/aromatic N) is 1. The smallest absolute Gasteiger partial charge is 0.0663 e. The van der Waals surface area contributed by atoms with Crippen molar-refractivity contribution in [3.05, 3.63) is 48.0 Å². The van der Waals surface area contributed by atoms with Gasteiger partial charge in [0, 0.05) is 0 Å². The summed E-state index contributed by atoms with van der Waals surface area (Å²) >= 11 is 0. The highest BCUT2D eigenvalue weighted by atomic mass is 14.2. The van der Waals surface area contributed by atoms with Gasteiger partial charge in [-0.05, 0) is 11.1 Å². The van der Waals surface area contributed by atoms with Gasteiger partial charge >= 0.3 is 0 Å². The first-order valence-corrected chi connectivity index (χ1v) is 4.13. The zero-order valence-corrected chi connectivity index (χ0v) is 7.40. The van der Waals surface area contributed by atoms with Gasteiger partial charge in [-0.2, -0.15) is 5.26 Å². The van der Waals surface area contributed by atoms with Crippen molar-refractivity contribution in [2.24, 2.45) is 0 Å². The molecule has 1 rings (SSSR count). The predicted octanol–water partition coefficient (Wildman–Crippen LogP) is 3.26. The Balaban J connectivity index is 2.70. The van der Waals surface area contributed by atoms with E-state index in [1.54, 1.807) is 0 Å². The van der Waals surface area contributed by atoms with Gasteiger partial charge in [0.1, 0.15) is 0 Å². The Morgan fingerprint density at radius 3 is 2.38 bits per heavy atom. The molecule has 0 aromatic heterocycles. The second-order valence-electron chi connectivity index (χ2n) is 2.64. The lowest BCUT2D eigenvalue weighted by atomic mass is 10.1. The number of allylic oxidation sites excluding steroid dienone is 1. The first kappa shape index (κ1) is 9.28. The molecule has 0 spiro atoms. The molecule has 0 bridgehead atoms. The van der Waals surface area contributed by atoms with Crippen molar-refractivity contribution in [1.82, 2.24) is 0 Å². The first-order chi connectivity index (χ1) is 6.36. The molecule has 0 aliphatic carbocycles. The third-order valence-corrected chi connectivity index (χ3v) is 1.69. The number of rotatable bonds is 3. The van der Waals surface area contributed by atoms with E-state index in [0.717, 1.165) is 11.1 Å². The molecule has 13 heavy (non-hydrogen) atoms. The molecule has 0 fully saturated rings. The van der Waals surface area contributed by atoms with Crippen molar-refractivity contribution in [1.29, 1.82) is 5.26 Å². The quantitative estimate of drug-likeness (QED) is 0.681. The van der Waals surface area contributed by atoms with Gasteiger partial charge in [-0.15, -0.1) is 0 Å². The van der Waals surface area contributed by atoms with Crippen LogP contribution >= 0.6 is 0 Å². The molecule has 0 amide bonds. The molecule has 0 saturated heterocycles. The highest BCUT2D eigenvalue weighted by molar-refractivity contribution is 5.54. The van der Waals surface area contributed by atoms with E-state index in [0.29, 0.717) is 6.42 Å². The summed E-state index contributed by atoms with van der Waals surface area (Å²) in [4.78, 5) is 0. The summed E-state index contributed by atoms with van der Waals surface area (Å²) in [6.45, 7) is 3.67. The maximum absolute atomic E-state index is 8.31. The Morgan fingerprint density at radius 1 is 1.23 bits per heavy atom. The summed E-state index contributed by atoms with van der Waals surface area (Å²) in [5, 5.41) is 8.31. The zero-order valence-electron chi connectivity index (χ0n) is 7.40. The summed E-state index contributed by atoms with van der Waals surface area (Å²) in [7, 11) is 0. The van der Waals surface area contributed by atoms with Crippen LogP contribution in [0.4, 0.5) is 0 Å². The fourth-order valence-corrected chi connectivity index (χ4v) is 0.991. The second-order valence-corrected chi connectivity index (χ2v) is 2.64. The van der Waals surface area contributed by atoms with Crippen molar-refractivity contribution in [2.45, 2.75) is 6.42 Å². The average molecular weight is 169 g/mol. The van der Waals surface area contributed by atoms with Crippen LogP contribution < -0.4 is 0 Å². The van der Waals surface area contributed by atoms with Crippen LogP contribution in [0.15, 0.2) is 36.9 Å². The summed E-state index contributed by atoms with van der Waals surface area (Å²) < 4.78 is 0. The van der Waals surface area contributed by atoms with Crippen LogP contribution in [0.1, 0.15) is 17.5 Å². The fourth-order valence-electron chi connectivity index (χ4n) is 0.991. The maximum atomic E-state index is 8.31. The van der Waals surface area contributed by atoms with Crippen LogP contribution in [0.25, 0.3) is 12.2 Å². The highest BCUT2D eigenvalue weighted by Crippen LogP contribution is 2.07. The van der Waals surface area contributed by atoms with Crippen molar-refractivity contribution in [2.75, 3.05) is 0 Å². The summed E-state index contributed by atoms with van der Waals surface area (Å²) in [5.74, 6) is 0. The molecule has 1 aromatic rings. The van der Waals surface area contributed by atoms with Gasteiger partial charge in [-0.1, -0.05) is 49.1 Å². The Bertz CT molecular complexity index is 338. The number of hydrogen-bond donors (Lipinski definition) is 0. The van der Waals surface area contributed by atoms with E-state index in [4.69, 9.17) is 5.26 Å². The van der Waals surface area contributed by atoms with Crippen LogP contribution in [0.2, 0.25) is 0 Å². The molecule has 64 valence electrons. The second kappa shape index (κ2) is 4.95. The molecule has 1 aromatic carbocycles. The van der Waals surface area contributed by atoms with Crippen LogP contribution in [0.3, 0.4) is 0 Å². The van der Waals surface area contributed by atoms with Crippen molar-refractivity contribution >= 4 is 12.2 Å². The Kier molecular flexibility index (Phi) is 3.53. The van der Waals surface area contributed by atoms with E-state index in [9.17, 15) is 0 Å². The molecule has 0 atom stereocenters. The molecule has 0 radical (unpaired) electrons. The molecule has 1 nitrogen and oxygen atoms in total. The van der Waals surface area contributed by atoms with Crippen LogP contribution in [-0.2, 0) is 0 Å². The van der Waals surface area contributed by atoms with E-state index < -0.39 is 0 Å². The fraction of sp³-hybridized carbons (Fsp3) is 0.0833. The van der Waals surface area contributed by atoms with E-state index >= 15 is 0 Å². The summed E-state index contributed by atoms with van der Waals surface area (Å²) in [5.41, 5.74) is 2.22. The minimum atomic E-state index is 0.462. The third-order valence-electron chi connectivity index (χ3n) is 1.69. The van der Waals surface area contributed by atoms with Gasteiger partial charge < -0.3 is 0 Å². The van der Waals surface area contributed by atoms with E-state index in [1.807, 2.05) is 42.5 Å². The molecule has 0 heterocycles. The zero-order chi connectivity index (χ0) is 9.52. The molecule has 1 heteroatoms. The van der Waals surface area contributed by atoms with Gasteiger partial charge in [0.05, 0.1) is 12.5 Å².